The number of ketones is 2. The third-order valence-electron chi connectivity index (χ3n) is 5.98. The number of amides is 2. The molecule has 0 fully saturated rings. The van der Waals surface area contributed by atoms with Crippen molar-refractivity contribution in [2.75, 3.05) is 4.90 Å². The predicted molar refractivity (Wildman–Crippen MR) is 127 cm³/mol. The maximum atomic E-state index is 13.3. The summed E-state index contributed by atoms with van der Waals surface area (Å²) in [5.41, 5.74) is 1.87. The van der Waals surface area contributed by atoms with E-state index >= 15 is 0 Å². The Morgan fingerprint density at radius 1 is 0.579 bits per heavy atom. The largest absolute Gasteiger partial charge is 1.00 e. The molecule has 4 aromatic rings. The van der Waals surface area contributed by atoms with E-state index in [1.54, 1.807) is 25.1 Å². The van der Waals surface area contributed by atoms with Crippen molar-refractivity contribution in [3.05, 3.63) is 124 Å². The van der Waals surface area contributed by atoms with Gasteiger partial charge in [0.15, 0.2) is 11.6 Å². The molecular formula is C29H17K2NO6. The zero-order valence-corrected chi connectivity index (χ0v) is 27.2. The summed E-state index contributed by atoms with van der Waals surface area (Å²) in [5.74, 6) is -2.64. The Morgan fingerprint density at radius 3 is 1.50 bits per heavy atom. The van der Waals surface area contributed by atoms with Crippen LogP contribution in [0, 0.1) is 6.92 Å². The predicted octanol–water partition coefficient (Wildman–Crippen LogP) is -2.59. The number of anilines is 1. The van der Waals surface area contributed by atoms with Gasteiger partial charge in [-0.3, -0.25) is 19.2 Å². The van der Waals surface area contributed by atoms with Gasteiger partial charge in [-0.05, 0) is 37.3 Å². The Bertz CT molecular complexity index is 1500. The first-order chi connectivity index (χ1) is 17.2. The number of imide groups is 1. The summed E-state index contributed by atoms with van der Waals surface area (Å²) in [6.07, 6.45) is 0. The second-order valence-corrected chi connectivity index (χ2v) is 8.47. The molecule has 0 unspecified atom stereocenters. The first kappa shape index (κ1) is 30.8. The summed E-state index contributed by atoms with van der Waals surface area (Å²) in [6.45, 7) is 1.80. The number of hydrogen-bond acceptors (Lipinski definition) is 6. The first-order valence-corrected chi connectivity index (χ1v) is 11.0. The fourth-order valence-electron chi connectivity index (χ4n) is 4.14. The molecule has 1 aliphatic heterocycles. The number of fused-ring (bicyclic) bond motifs is 1. The molecule has 0 aromatic heterocycles. The van der Waals surface area contributed by atoms with Gasteiger partial charge in [0.2, 0.25) is 0 Å². The summed E-state index contributed by atoms with van der Waals surface area (Å²) < 4.78 is 0. The van der Waals surface area contributed by atoms with E-state index in [2.05, 4.69) is 0 Å². The number of benzene rings is 4. The van der Waals surface area contributed by atoms with Crippen LogP contribution in [0.1, 0.15) is 58.1 Å². The topological polar surface area (TPSA) is 118 Å². The molecule has 0 spiro atoms. The van der Waals surface area contributed by atoms with Crippen molar-refractivity contribution in [2.45, 2.75) is 6.92 Å². The summed E-state index contributed by atoms with van der Waals surface area (Å²) >= 11 is 0. The quantitative estimate of drug-likeness (QED) is 0.152. The van der Waals surface area contributed by atoms with Gasteiger partial charge < -0.3 is 10.2 Å². The minimum absolute atomic E-state index is 0. The SMILES string of the molecule is Cc1ccc2c(c1)C(=O)N(c1cc(C(=O)c3ccc([O-])cc3)cc(C(=O)c3ccc([O-])cc3)c1)C2=O.[K+].[K+]. The van der Waals surface area contributed by atoms with Crippen LogP contribution in [-0.2, 0) is 0 Å². The summed E-state index contributed by atoms with van der Waals surface area (Å²) in [4.78, 5) is 53.8. The molecule has 1 aliphatic rings. The van der Waals surface area contributed by atoms with Crippen molar-refractivity contribution >= 4 is 29.1 Å². The minimum Gasteiger partial charge on any atom is -0.872 e. The molecule has 0 N–H and O–H groups in total. The monoisotopic (exact) mass is 553 g/mol. The van der Waals surface area contributed by atoms with Crippen LogP contribution in [0.5, 0.6) is 11.5 Å². The van der Waals surface area contributed by atoms with Crippen LogP contribution in [0.3, 0.4) is 0 Å². The number of carbonyl (C=O) groups is 4. The van der Waals surface area contributed by atoms with E-state index in [9.17, 15) is 29.4 Å². The van der Waals surface area contributed by atoms with Crippen molar-refractivity contribution in [1.29, 1.82) is 0 Å². The van der Waals surface area contributed by atoms with E-state index in [-0.39, 0.29) is 153 Å². The molecule has 176 valence electrons. The van der Waals surface area contributed by atoms with E-state index in [0.717, 1.165) is 10.5 Å². The summed E-state index contributed by atoms with van der Waals surface area (Å²) in [7, 11) is 0. The molecule has 38 heavy (non-hydrogen) atoms. The normalized spacial score (nSPS) is 11.9. The smallest absolute Gasteiger partial charge is 0.872 e. The van der Waals surface area contributed by atoms with E-state index in [0.29, 0.717) is 0 Å². The minimum atomic E-state index is -0.565. The number of carbonyl (C=O) groups excluding carboxylic acids is 4. The molecule has 1 heterocycles. The van der Waals surface area contributed by atoms with Crippen LogP contribution in [0.4, 0.5) is 5.69 Å². The Labute approximate surface area is 303 Å². The van der Waals surface area contributed by atoms with Crippen molar-refractivity contribution in [2.24, 2.45) is 0 Å². The molecular weight excluding hydrogens is 537 g/mol. The first-order valence-electron chi connectivity index (χ1n) is 11.0. The van der Waals surface area contributed by atoms with Crippen molar-refractivity contribution in [1.82, 2.24) is 0 Å². The van der Waals surface area contributed by atoms with Crippen molar-refractivity contribution in [3.63, 3.8) is 0 Å². The third-order valence-corrected chi connectivity index (χ3v) is 5.98. The van der Waals surface area contributed by atoms with Gasteiger partial charge in [-0.25, -0.2) is 4.90 Å². The molecule has 7 nitrogen and oxygen atoms in total. The maximum Gasteiger partial charge on any atom is 1.00 e. The summed E-state index contributed by atoms with van der Waals surface area (Å²) in [5, 5.41) is 23.0. The second-order valence-electron chi connectivity index (χ2n) is 8.47. The molecule has 0 saturated carbocycles. The zero-order valence-electron chi connectivity index (χ0n) is 21.0. The maximum absolute atomic E-state index is 13.3. The number of aryl methyl sites for hydroxylation is 1. The zero-order chi connectivity index (χ0) is 25.6. The average Bonchev–Trinajstić information content (AvgIpc) is 3.12. The van der Waals surface area contributed by atoms with E-state index in [4.69, 9.17) is 0 Å². The molecule has 4 aromatic carbocycles. The van der Waals surface area contributed by atoms with E-state index in [1.165, 1.54) is 66.7 Å². The van der Waals surface area contributed by atoms with Crippen LogP contribution in [0.25, 0.3) is 0 Å². The van der Waals surface area contributed by atoms with Gasteiger partial charge in [0.1, 0.15) is 0 Å². The Balaban J connectivity index is 0.00000200. The van der Waals surface area contributed by atoms with Crippen LogP contribution in [0.15, 0.2) is 84.9 Å². The van der Waals surface area contributed by atoms with Gasteiger partial charge in [0, 0.05) is 22.3 Å². The molecule has 0 aliphatic carbocycles. The molecule has 5 rings (SSSR count). The fraction of sp³-hybridized carbons (Fsp3) is 0.0345. The van der Waals surface area contributed by atoms with Crippen molar-refractivity contribution in [3.8, 4) is 11.5 Å². The van der Waals surface area contributed by atoms with Crippen LogP contribution in [-0.4, -0.2) is 23.4 Å². The van der Waals surface area contributed by atoms with Crippen LogP contribution >= 0.6 is 0 Å². The van der Waals surface area contributed by atoms with E-state index < -0.39 is 23.4 Å². The standard InChI is InChI=1S/C29H19NO6.2K/c1-16-2-11-24-25(12-16)29(36)30(28(24)35)21-14-19(26(33)17-3-7-22(31)8-4-17)13-20(15-21)27(34)18-5-9-23(32)10-6-18;;/h2-15,31-32H,1H3;;/q;2*+1/p-2. The Hall–Kier alpha value is -1.77. The Kier molecular flexibility index (Phi) is 10.2. The third kappa shape index (κ3) is 6.02. The van der Waals surface area contributed by atoms with Gasteiger partial charge in [0.05, 0.1) is 16.8 Å². The number of hydrogen-bond donors (Lipinski definition) is 0. The molecule has 0 atom stereocenters. The van der Waals surface area contributed by atoms with Gasteiger partial charge in [-0.15, -0.1) is 11.5 Å². The molecule has 0 radical (unpaired) electrons. The Morgan fingerprint density at radius 2 is 1.03 bits per heavy atom. The number of rotatable bonds is 5. The number of nitrogens with zero attached hydrogens (tertiary/aromatic N) is 1. The van der Waals surface area contributed by atoms with Gasteiger partial charge in [-0.2, -0.15) is 0 Å². The van der Waals surface area contributed by atoms with Crippen LogP contribution in [0.2, 0.25) is 0 Å². The average molecular weight is 554 g/mol. The van der Waals surface area contributed by atoms with Gasteiger partial charge in [0.25, 0.3) is 11.8 Å². The van der Waals surface area contributed by atoms with Gasteiger partial charge in [-0.1, -0.05) is 60.2 Å². The molecule has 0 saturated heterocycles. The van der Waals surface area contributed by atoms with E-state index in [1.807, 2.05) is 0 Å². The second kappa shape index (κ2) is 12.6. The van der Waals surface area contributed by atoms with Gasteiger partial charge >= 0.3 is 103 Å². The summed E-state index contributed by atoms with van der Waals surface area (Å²) in [6, 6.07) is 19.5. The fourth-order valence-corrected chi connectivity index (χ4v) is 4.14. The van der Waals surface area contributed by atoms with Crippen LogP contribution < -0.4 is 118 Å². The molecule has 0 bridgehead atoms. The van der Waals surface area contributed by atoms with Crippen molar-refractivity contribution < 1.29 is 132 Å². The molecule has 9 heteroatoms. The molecule has 2 amide bonds.